The predicted octanol–water partition coefficient (Wildman–Crippen LogP) is 3.93. The van der Waals surface area contributed by atoms with Gasteiger partial charge in [0, 0.05) is 56.4 Å². The Morgan fingerprint density at radius 1 is 1.24 bits per heavy atom. The van der Waals surface area contributed by atoms with Crippen LogP contribution in [-0.4, -0.2) is 83.6 Å². The molecule has 2 rings (SSSR count). The molecule has 0 unspecified atom stereocenters. The molecule has 0 saturated carbocycles. The zero-order valence-corrected chi connectivity index (χ0v) is 25.8. The van der Waals surface area contributed by atoms with Crippen LogP contribution in [0.2, 0.25) is 0 Å². The number of aromatic nitrogens is 2. The molecule has 0 radical (unpaired) electrons. The lowest BCUT2D eigenvalue weighted by Crippen LogP contribution is -2.58. The first-order valence-corrected chi connectivity index (χ1v) is 14.1. The Balaban J connectivity index is 0.00000648. The molecule has 1 saturated heterocycles. The van der Waals surface area contributed by atoms with Gasteiger partial charge in [-0.1, -0.05) is 34.6 Å². The summed E-state index contributed by atoms with van der Waals surface area (Å²) in [5.74, 6) is 2.58. The summed E-state index contributed by atoms with van der Waals surface area (Å²) in [6, 6.07) is -0.270. The smallest absolute Gasteiger partial charge is 0.315 e. The Bertz CT molecular complexity index is 840. The lowest BCUT2D eigenvalue weighted by Gasteiger charge is -2.39. The van der Waals surface area contributed by atoms with Gasteiger partial charge < -0.3 is 26.2 Å². The lowest BCUT2D eigenvalue weighted by molar-refractivity contribution is 0.0605. The van der Waals surface area contributed by atoms with Crippen molar-refractivity contribution < 1.29 is 9.59 Å². The van der Waals surface area contributed by atoms with Gasteiger partial charge in [-0.3, -0.25) is 4.79 Å². The Morgan fingerprint density at radius 2 is 1.95 bits per heavy atom. The van der Waals surface area contributed by atoms with Gasteiger partial charge in [0.1, 0.15) is 17.2 Å². The second kappa shape index (κ2) is 17.2. The number of hydrogen-bond donors (Lipinski definition) is 4. The first-order chi connectivity index (χ1) is 16.6. The van der Waals surface area contributed by atoms with Crippen molar-refractivity contribution in [2.75, 3.05) is 50.0 Å². The maximum atomic E-state index is 14.0. The van der Waals surface area contributed by atoms with E-state index in [0.29, 0.717) is 55.7 Å². The number of carbonyl (C=O) groups is 2. The fraction of sp³-hybridized carbons (Fsp3) is 0.760. The number of halogens is 2. The van der Waals surface area contributed by atoms with E-state index in [1.807, 2.05) is 11.8 Å². The average molecular weight is 581 g/mol. The van der Waals surface area contributed by atoms with Crippen molar-refractivity contribution in [1.29, 1.82) is 0 Å². The van der Waals surface area contributed by atoms with Gasteiger partial charge in [-0.15, -0.1) is 24.8 Å². The molecule has 1 fully saturated rings. The Labute approximate surface area is 239 Å². The number of rotatable bonds is 11. The topological polar surface area (TPSA) is 111 Å². The van der Waals surface area contributed by atoms with Crippen molar-refractivity contribution in [3.63, 3.8) is 0 Å². The summed E-state index contributed by atoms with van der Waals surface area (Å²) in [5, 5.41) is 12.6. The van der Waals surface area contributed by atoms with Crippen LogP contribution in [0.4, 0.5) is 10.6 Å². The zero-order chi connectivity index (χ0) is 26.0. The van der Waals surface area contributed by atoms with Crippen molar-refractivity contribution in [2.24, 2.45) is 5.92 Å². The molecule has 0 spiro atoms. The van der Waals surface area contributed by atoms with Crippen LogP contribution in [0.1, 0.15) is 70.6 Å². The highest BCUT2D eigenvalue weighted by atomic mass is 35.5. The minimum absolute atomic E-state index is 0. The van der Waals surface area contributed by atoms with E-state index in [9.17, 15) is 9.59 Å². The first kappa shape index (κ1) is 35.5. The molecule has 1 aliphatic heterocycles. The van der Waals surface area contributed by atoms with Gasteiger partial charge >= 0.3 is 6.03 Å². The van der Waals surface area contributed by atoms with E-state index in [0.717, 1.165) is 18.7 Å². The van der Waals surface area contributed by atoms with Crippen molar-refractivity contribution in [2.45, 2.75) is 71.9 Å². The highest BCUT2D eigenvalue weighted by Crippen LogP contribution is 2.24. The zero-order valence-electron chi connectivity index (χ0n) is 23.3. The second-order valence-electron chi connectivity index (χ2n) is 10.6. The first-order valence-electron chi connectivity index (χ1n) is 12.7. The van der Waals surface area contributed by atoms with Gasteiger partial charge in [0.25, 0.3) is 5.91 Å². The van der Waals surface area contributed by atoms with Crippen molar-refractivity contribution in [1.82, 2.24) is 30.8 Å². The Morgan fingerprint density at radius 3 is 2.54 bits per heavy atom. The minimum atomic E-state index is -0.222. The van der Waals surface area contributed by atoms with Crippen LogP contribution in [0.25, 0.3) is 0 Å². The number of anilines is 1. The van der Waals surface area contributed by atoms with Crippen LogP contribution in [-0.2, 0) is 5.41 Å². The van der Waals surface area contributed by atoms with Gasteiger partial charge in [0.2, 0.25) is 0 Å². The molecule has 1 aromatic rings. The molecule has 37 heavy (non-hydrogen) atoms. The standard InChI is InChI=1S/C25H45N7O2S.2ClH/c1-8-27-24(34)30-18-12-19(14-26-13-18)32(16-17(2)3)22(33)20-15-29-23(25(4,5)6)31-21(20)28-10-9-11-35-7;;/h15,17-19,26H,8-14,16H2,1-7H3,(H2,27,30,34)(H,28,29,31);2*1H/t18-,19+;;/m1../s1. The van der Waals surface area contributed by atoms with Gasteiger partial charge in [-0.2, -0.15) is 11.8 Å². The molecule has 0 aliphatic carbocycles. The average Bonchev–Trinajstić information content (AvgIpc) is 2.79. The second-order valence-corrected chi connectivity index (χ2v) is 11.6. The predicted molar refractivity (Wildman–Crippen MR) is 160 cm³/mol. The maximum Gasteiger partial charge on any atom is 0.315 e. The van der Waals surface area contributed by atoms with Gasteiger partial charge in [0.15, 0.2) is 0 Å². The molecule has 9 nitrogen and oxygen atoms in total. The highest BCUT2D eigenvalue weighted by Gasteiger charge is 2.33. The summed E-state index contributed by atoms with van der Waals surface area (Å²) in [5.41, 5.74) is 0.279. The lowest BCUT2D eigenvalue weighted by atomic mass is 9.95. The van der Waals surface area contributed by atoms with Gasteiger partial charge in [-0.25, -0.2) is 14.8 Å². The molecule has 1 aliphatic rings. The summed E-state index contributed by atoms with van der Waals surface area (Å²) in [6.45, 7) is 15.6. The largest absolute Gasteiger partial charge is 0.369 e. The number of thioether (sulfide) groups is 1. The molecule has 3 amide bonds. The van der Waals surface area contributed by atoms with Crippen LogP contribution < -0.4 is 21.3 Å². The van der Waals surface area contributed by atoms with E-state index >= 15 is 0 Å². The van der Waals surface area contributed by atoms with Crippen molar-refractivity contribution in [3.8, 4) is 0 Å². The van der Waals surface area contributed by atoms with E-state index in [1.165, 1.54) is 0 Å². The summed E-state index contributed by atoms with van der Waals surface area (Å²) < 4.78 is 0. The number of nitrogens with zero attached hydrogens (tertiary/aromatic N) is 3. The van der Waals surface area contributed by atoms with Crippen LogP contribution in [0, 0.1) is 5.92 Å². The van der Waals surface area contributed by atoms with Crippen LogP contribution in [0.5, 0.6) is 0 Å². The summed E-state index contributed by atoms with van der Waals surface area (Å²) in [4.78, 5) is 37.3. The molecular formula is C25H47Cl2N7O2S. The molecule has 1 aromatic heterocycles. The van der Waals surface area contributed by atoms with Crippen LogP contribution in [0.3, 0.4) is 0 Å². The quantitative estimate of drug-likeness (QED) is 0.294. The van der Waals surface area contributed by atoms with Crippen molar-refractivity contribution in [3.05, 3.63) is 17.6 Å². The number of urea groups is 1. The normalized spacial score (nSPS) is 17.3. The third kappa shape index (κ3) is 11.4. The summed E-state index contributed by atoms with van der Waals surface area (Å²) >= 11 is 1.80. The molecule has 0 bridgehead atoms. The van der Waals surface area contributed by atoms with E-state index < -0.39 is 0 Å². The van der Waals surface area contributed by atoms with Crippen LogP contribution in [0.15, 0.2) is 6.20 Å². The number of nitrogens with one attached hydrogen (secondary N) is 4. The number of carbonyl (C=O) groups excluding carboxylic acids is 2. The van der Waals surface area contributed by atoms with Crippen molar-refractivity contribution >= 4 is 54.3 Å². The summed E-state index contributed by atoms with van der Waals surface area (Å²) in [7, 11) is 0. The molecule has 4 N–H and O–H groups in total. The molecule has 2 atom stereocenters. The fourth-order valence-electron chi connectivity index (χ4n) is 4.07. The Hall–Kier alpha value is -1.49. The van der Waals surface area contributed by atoms with Gasteiger partial charge in [-0.05, 0) is 37.7 Å². The molecule has 12 heteroatoms. The molecule has 214 valence electrons. The summed E-state index contributed by atoms with van der Waals surface area (Å²) in [6.07, 6.45) is 5.45. The third-order valence-corrected chi connectivity index (χ3v) is 6.47. The highest BCUT2D eigenvalue weighted by molar-refractivity contribution is 7.98. The number of hydrogen-bond acceptors (Lipinski definition) is 7. The Kier molecular flexibility index (Phi) is 16.5. The maximum absolute atomic E-state index is 14.0. The number of amides is 3. The monoisotopic (exact) mass is 579 g/mol. The number of piperidine rings is 1. The van der Waals surface area contributed by atoms with Crippen LogP contribution >= 0.6 is 36.6 Å². The van der Waals surface area contributed by atoms with E-state index in [2.05, 4.69) is 67.1 Å². The third-order valence-electron chi connectivity index (χ3n) is 5.77. The van der Waals surface area contributed by atoms with Gasteiger partial charge in [0.05, 0.1) is 0 Å². The molecule has 2 heterocycles. The van der Waals surface area contributed by atoms with E-state index in [1.54, 1.807) is 18.0 Å². The molecular weight excluding hydrogens is 533 g/mol. The fourth-order valence-corrected chi connectivity index (χ4v) is 4.50. The van der Waals surface area contributed by atoms with E-state index in [4.69, 9.17) is 4.98 Å². The van der Waals surface area contributed by atoms with E-state index in [-0.39, 0.29) is 54.3 Å². The SMILES string of the molecule is CCNC(=O)N[C@H]1CNC[C@@H](N(CC(C)C)C(=O)c2cnc(C(C)(C)C)nc2NCCCSC)C1.Cl.Cl. The minimum Gasteiger partial charge on any atom is -0.369 e. The molecule has 0 aromatic carbocycles.